The largest absolute Gasteiger partial charge is 0.399 e. The molecule has 21 heavy (non-hydrogen) atoms. The molecule has 5 heteroatoms. The van der Waals surface area contributed by atoms with Crippen molar-refractivity contribution < 1.29 is 4.52 Å². The Balaban J connectivity index is 1.98. The molecular weight excluding hydrogens is 264 g/mol. The average Bonchev–Trinajstić information content (AvgIpc) is 2.76. The monoisotopic (exact) mass is 282 g/mol. The van der Waals surface area contributed by atoms with Gasteiger partial charge in [0.15, 0.2) is 0 Å². The number of nitrogen functional groups attached to an aromatic ring is 1. The van der Waals surface area contributed by atoms with Gasteiger partial charge in [-0.05, 0) is 45.0 Å². The van der Waals surface area contributed by atoms with Crippen LogP contribution in [-0.2, 0) is 6.54 Å². The van der Waals surface area contributed by atoms with Gasteiger partial charge < -0.3 is 15.6 Å². The molecule has 0 radical (unpaired) electrons. The van der Waals surface area contributed by atoms with Gasteiger partial charge in [0, 0.05) is 34.6 Å². The van der Waals surface area contributed by atoms with Crippen molar-refractivity contribution >= 4 is 22.3 Å². The van der Waals surface area contributed by atoms with Crippen molar-refractivity contribution in [1.82, 2.24) is 10.1 Å². The van der Waals surface area contributed by atoms with E-state index in [0.29, 0.717) is 6.54 Å². The van der Waals surface area contributed by atoms with Gasteiger partial charge in [-0.3, -0.25) is 4.98 Å². The Kier molecular flexibility index (Phi) is 3.25. The molecule has 108 valence electrons. The highest BCUT2D eigenvalue weighted by atomic mass is 16.5. The predicted molar refractivity (Wildman–Crippen MR) is 84.2 cm³/mol. The number of pyridine rings is 1. The summed E-state index contributed by atoms with van der Waals surface area (Å²) in [5.41, 5.74) is 11.5. The molecule has 0 saturated heterocycles. The van der Waals surface area contributed by atoms with E-state index >= 15 is 0 Å². The van der Waals surface area contributed by atoms with Crippen LogP contribution in [0.3, 0.4) is 0 Å². The Morgan fingerprint density at radius 1 is 1.19 bits per heavy atom. The molecule has 3 rings (SSSR count). The number of rotatable bonds is 3. The maximum atomic E-state index is 5.89. The van der Waals surface area contributed by atoms with Gasteiger partial charge in [-0.25, -0.2) is 0 Å². The van der Waals surface area contributed by atoms with Crippen molar-refractivity contribution in [3.05, 3.63) is 47.0 Å². The first-order chi connectivity index (χ1) is 10.0. The van der Waals surface area contributed by atoms with Gasteiger partial charge in [0.1, 0.15) is 5.76 Å². The molecule has 2 aromatic heterocycles. The maximum Gasteiger partial charge on any atom is 0.138 e. The lowest BCUT2D eigenvalue weighted by atomic mass is 10.1. The molecule has 0 saturated carbocycles. The molecule has 3 aromatic rings. The second-order valence-corrected chi connectivity index (χ2v) is 5.24. The van der Waals surface area contributed by atoms with Gasteiger partial charge in [-0.15, -0.1) is 0 Å². The summed E-state index contributed by atoms with van der Waals surface area (Å²) in [5.74, 6) is 0.842. The molecule has 0 amide bonds. The number of aryl methyl sites for hydroxylation is 3. The summed E-state index contributed by atoms with van der Waals surface area (Å²) >= 11 is 0. The van der Waals surface area contributed by atoms with E-state index in [1.54, 1.807) is 0 Å². The van der Waals surface area contributed by atoms with Crippen molar-refractivity contribution in [1.29, 1.82) is 0 Å². The number of hydrogen-bond acceptors (Lipinski definition) is 5. The number of fused-ring (bicyclic) bond motifs is 1. The van der Waals surface area contributed by atoms with Crippen LogP contribution in [0.25, 0.3) is 10.9 Å². The van der Waals surface area contributed by atoms with E-state index in [1.165, 1.54) is 0 Å². The summed E-state index contributed by atoms with van der Waals surface area (Å²) < 4.78 is 5.19. The second-order valence-electron chi connectivity index (χ2n) is 5.24. The van der Waals surface area contributed by atoms with E-state index in [2.05, 4.69) is 15.5 Å². The number of benzene rings is 1. The molecule has 0 aliphatic heterocycles. The minimum absolute atomic E-state index is 0.661. The van der Waals surface area contributed by atoms with Gasteiger partial charge in [-0.1, -0.05) is 5.16 Å². The zero-order chi connectivity index (χ0) is 15.0. The van der Waals surface area contributed by atoms with Crippen LogP contribution in [0, 0.1) is 20.8 Å². The fourth-order valence-corrected chi connectivity index (χ4v) is 2.46. The van der Waals surface area contributed by atoms with E-state index in [0.717, 1.165) is 45.0 Å². The Bertz CT molecular complexity index is 788. The first-order valence-electron chi connectivity index (χ1n) is 6.87. The van der Waals surface area contributed by atoms with Crippen LogP contribution in [0.15, 0.2) is 28.8 Å². The van der Waals surface area contributed by atoms with Crippen LogP contribution >= 0.6 is 0 Å². The van der Waals surface area contributed by atoms with Gasteiger partial charge in [0.25, 0.3) is 0 Å². The molecule has 3 N–H and O–H groups in total. The molecule has 0 fully saturated rings. The molecule has 0 spiro atoms. The highest BCUT2D eigenvalue weighted by Gasteiger charge is 2.10. The zero-order valence-corrected chi connectivity index (χ0v) is 12.4. The van der Waals surface area contributed by atoms with Crippen molar-refractivity contribution in [2.24, 2.45) is 0 Å². The van der Waals surface area contributed by atoms with Crippen LogP contribution < -0.4 is 11.1 Å². The topological polar surface area (TPSA) is 77.0 Å². The molecule has 5 nitrogen and oxygen atoms in total. The van der Waals surface area contributed by atoms with Crippen molar-refractivity contribution in [2.75, 3.05) is 11.1 Å². The van der Waals surface area contributed by atoms with Crippen LogP contribution in [-0.4, -0.2) is 10.1 Å². The summed E-state index contributed by atoms with van der Waals surface area (Å²) in [5, 5.41) is 8.44. The van der Waals surface area contributed by atoms with Crippen molar-refractivity contribution in [3.8, 4) is 0 Å². The second kappa shape index (κ2) is 5.09. The summed E-state index contributed by atoms with van der Waals surface area (Å²) in [6.45, 7) is 6.51. The molecule has 0 aliphatic rings. The van der Waals surface area contributed by atoms with Crippen LogP contribution in [0.1, 0.15) is 22.7 Å². The zero-order valence-electron chi connectivity index (χ0n) is 12.4. The molecule has 0 atom stereocenters. The molecule has 2 heterocycles. The summed E-state index contributed by atoms with van der Waals surface area (Å²) in [4.78, 5) is 4.53. The predicted octanol–water partition coefficient (Wildman–Crippen LogP) is 3.34. The maximum absolute atomic E-state index is 5.89. The van der Waals surface area contributed by atoms with E-state index < -0.39 is 0 Å². The molecular formula is C16H18N4O. The van der Waals surface area contributed by atoms with Crippen LogP contribution in [0.5, 0.6) is 0 Å². The summed E-state index contributed by atoms with van der Waals surface area (Å²) in [7, 11) is 0. The summed E-state index contributed by atoms with van der Waals surface area (Å²) in [6, 6.07) is 7.78. The van der Waals surface area contributed by atoms with Crippen molar-refractivity contribution in [2.45, 2.75) is 27.3 Å². The lowest BCUT2D eigenvalue weighted by molar-refractivity contribution is 0.392. The third kappa shape index (κ3) is 2.54. The molecule has 0 unspecified atom stereocenters. The normalized spacial score (nSPS) is 11.0. The molecule has 1 aromatic carbocycles. The fraction of sp³-hybridized carbons (Fsp3) is 0.250. The van der Waals surface area contributed by atoms with Gasteiger partial charge in [-0.2, -0.15) is 0 Å². The third-order valence-electron chi connectivity index (χ3n) is 3.60. The molecule has 0 bridgehead atoms. The first-order valence-corrected chi connectivity index (χ1v) is 6.87. The number of aromatic nitrogens is 2. The van der Waals surface area contributed by atoms with E-state index in [9.17, 15) is 0 Å². The Labute approximate surface area is 123 Å². The SMILES string of the molecule is Cc1cc(NCc2c(C)noc2C)c2cc(N)ccc2n1. The Hall–Kier alpha value is -2.56. The van der Waals surface area contributed by atoms with Gasteiger partial charge >= 0.3 is 0 Å². The number of nitrogens with two attached hydrogens (primary N) is 1. The van der Waals surface area contributed by atoms with Gasteiger partial charge in [0.2, 0.25) is 0 Å². The Morgan fingerprint density at radius 3 is 2.71 bits per heavy atom. The van der Waals surface area contributed by atoms with E-state index in [-0.39, 0.29) is 0 Å². The van der Waals surface area contributed by atoms with Crippen LogP contribution in [0.4, 0.5) is 11.4 Å². The number of hydrogen-bond donors (Lipinski definition) is 2. The number of nitrogens with one attached hydrogen (secondary N) is 1. The smallest absolute Gasteiger partial charge is 0.138 e. The lowest BCUT2D eigenvalue weighted by Gasteiger charge is -2.11. The molecule has 0 aliphatic carbocycles. The minimum atomic E-state index is 0.661. The summed E-state index contributed by atoms with van der Waals surface area (Å²) in [6.07, 6.45) is 0. The van der Waals surface area contributed by atoms with Crippen molar-refractivity contribution in [3.63, 3.8) is 0 Å². The number of anilines is 2. The quantitative estimate of drug-likeness (QED) is 0.720. The first kappa shape index (κ1) is 13.4. The van der Waals surface area contributed by atoms with E-state index in [4.69, 9.17) is 10.3 Å². The van der Waals surface area contributed by atoms with E-state index in [1.807, 2.05) is 45.0 Å². The van der Waals surface area contributed by atoms with Gasteiger partial charge in [0.05, 0.1) is 11.2 Å². The lowest BCUT2D eigenvalue weighted by Crippen LogP contribution is -2.03. The minimum Gasteiger partial charge on any atom is -0.399 e. The Morgan fingerprint density at radius 2 is 2.00 bits per heavy atom. The standard InChI is InChI=1S/C16H18N4O/c1-9-6-16(13-7-12(17)4-5-15(13)19-9)18-8-14-10(2)20-21-11(14)3/h4-7H,8,17H2,1-3H3,(H,18,19). The average molecular weight is 282 g/mol. The third-order valence-corrected chi connectivity index (χ3v) is 3.60. The van der Waals surface area contributed by atoms with Crippen LogP contribution in [0.2, 0.25) is 0 Å². The highest BCUT2D eigenvalue weighted by molar-refractivity contribution is 5.93. The fourth-order valence-electron chi connectivity index (χ4n) is 2.46. The highest BCUT2D eigenvalue weighted by Crippen LogP contribution is 2.26. The number of nitrogens with zero attached hydrogens (tertiary/aromatic N) is 2.